The molecule has 0 aliphatic heterocycles. The average molecular weight is 313 g/mol. The van der Waals surface area contributed by atoms with Crippen LogP contribution >= 0.6 is 11.6 Å². The third-order valence-electron chi connectivity index (χ3n) is 2.63. The molecule has 0 bridgehead atoms. The summed E-state index contributed by atoms with van der Waals surface area (Å²) in [5.74, 6) is -1.60. The van der Waals surface area contributed by atoms with E-state index in [4.69, 9.17) is 22.1 Å². The van der Waals surface area contributed by atoms with Gasteiger partial charge in [-0.3, -0.25) is 14.9 Å². The van der Waals surface area contributed by atoms with Gasteiger partial charge in [0.2, 0.25) is 0 Å². The fraction of sp³-hybridized carbons (Fsp3) is 0.357. The standard InChI is InChI=1S/C14H17ClN2O4/c1-8(2)12(13(19)17-14(16)20)21-11(18)7-9-3-5-10(15)6-4-9/h3-6,8,12H,7H2,1-2H3,(H3,16,17,19,20)/t12-/m0/s1. The smallest absolute Gasteiger partial charge is 0.318 e. The van der Waals surface area contributed by atoms with Gasteiger partial charge in [0.1, 0.15) is 0 Å². The van der Waals surface area contributed by atoms with Crippen molar-refractivity contribution < 1.29 is 19.1 Å². The highest BCUT2D eigenvalue weighted by Crippen LogP contribution is 2.12. The van der Waals surface area contributed by atoms with Gasteiger partial charge in [-0.2, -0.15) is 0 Å². The lowest BCUT2D eigenvalue weighted by atomic mass is 10.1. The maximum Gasteiger partial charge on any atom is 0.318 e. The van der Waals surface area contributed by atoms with E-state index < -0.39 is 24.0 Å². The third-order valence-corrected chi connectivity index (χ3v) is 2.88. The lowest BCUT2D eigenvalue weighted by Crippen LogP contribution is -2.45. The molecule has 7 heteroatoms. The summed E-state index contributed by atoms with van der Waals surface area (Å²) >= 11 is 5.75. The van der Waals surface area contributed by atoms with Crippen molar-refractivity contribution in [1.29, 1.82) is 0 Å². The Morgan fingerprint density at radius 3 is 2.29 bits per heavy atom. The number of esters is 1. The zero-order valence-corrected chi connectivity index (χ0v) is 12.5. The summed E-state index contributed by atoms with van der Waals surface area (Å²) in [6.45, 7) is 3.39. The summed E-state index contributed by atoms with van der Waals surface area (Å²) in [5, 5.41) is 2.47. The number of amides is 3. The van der Waals surface area contributed by atoms with Gasteiger partial charge in [-0.05, 0) is 23.6 Å². The first-order valence-electron chi connectivity index (χ1n) is 6.34. The second-order valence-electron chi connectivity index (χ2n) is 4.81. The highest BCUT2D eigenvalue weighted by molar-refractivity contribution is 6.30. The Hall–Kier alpha value is -2.08. The van der Waals surface area contributed by atoms with Crippen LogP contribution in [0.4, 0.5) is 4.79 Å². The third kappa shape index (κ3) is 5.83. The van der Waals surface area contributed by atoms with Gasteiger partial charge in [0.05, 0.1) is 6.42 Å². The van der Waals surface area contributed by atoms with Crippen LogP contribution in [0.1, 0.15) is 19.4 Å². The average Bonchev–Trinajstić information content (AvgIpc) is 2.37. The van der Waals surface area contributed by atoms with Crippen molar-refractivity contribution in [3.8, 4) is 0 Å². The van der Waals surface area contributed by atoms with Crippen LogP contribution in [0.2, 0.25) is 5.02 Å². The maximum atomic E-state index is 11.9. The second-order valence-corrected chi connectivity index (χ2v) is 5.25. The zero-order valence-electron chi connectivity index (χ0n) is 11.8. The molecule has 1 aromatic carbocycles. The zero-order chi connectivity index (χ0) is 16.0. The number of halogens is 1. The molecule has 0 spiro atoms. The number of imide groups is 1. The number of carbonyl (C=O) groups excluding carboxylic acids is 3. The largest absolute Gasteiger partial charge is 0.452 e. The number of hydrogen-bond donors (Lipinski definition) is 2. The van der Waals surface area contributed by atoms with Crippen LogP contribution in [0.25, 0.3) is 0 Å². The quantitative estimate of drug-likeness (QED) is 0.807. The molecular formula is C14H17ClN2O4. The number of benzene rings is 1. The number of hydrogen-bond acceptors (Lipinski definition) is 4. The molecule has 114 valence electrons. The molecule has 3 N–H and O–H groups in total. The first kappa shape index (κ1) is 17.0. The molecule has 0 aliphatic rings. The topological polar surface area (TPSA) is 98.5 Å². The molecule has 1 rings (SSSR count). The SMILES string of the molecule is CC(C)[C@H](OC(=O)Cc1ccc(Cl)cc1)C(=O)NC(N)=O. The van der Waals surface area contributed by atoms with Gasteiger partial charge < -0.3 is 10.5 Å². The van der Waals surface area contributed by atoms with E-state index in [9.17, 15) is 14.4 Å². The van der Waals surface area contributed by atoms with Crippen LogP contribution in [0.3, 0.4) is 0 Å². The van der Waals surface area contributed by atoms with Crippen LogP contribution in [-0.4, -0.2) is 24.0 Å². The van der Waals surface area contributed by atoms with E-state index >= 15 is 0 Å². The van der Waals surface area contributed by atoms with E-state index in [0.717, 1.165) is 0 Å². The minimum absolute atomic E-state index is 0.00421. The summed E-state index contributed by atoms with van der Waals surface area (Å²) in [7, 11) is 0. The van der Waals surface area contributed by atoms with Crippen LogP contribution in [-0.2, 0) is 20.7 Å². The van der Waals surface area contributed by atoms with Crippen LogP contribution in [0.15, 0.2) is 24.3 Å². The Morgan fingerprint density at radius 1 is 1.24 bits per heavy atom. The fourth-order valence-electron chi connectivity index (χ4n) is 1.64. The van der Waals surface area contributed by atoms with E-state index in [1.165, 1.54) is 0 Å². The monoisotopic (exact) mass is 312 g/mol. The molecule has 0 unspecified atom stereocenters. The predicted molar refractivity (Wildman–Crippen MR) is 77.6 cm³/mol. The van der Waals surface area contributed by atoms with E-state index in [0.29, 0.717) is 10.6 Å². The van der Waals surface area contributed by atoms with Gasteiger partial charge in [-0.25, -0.2) is 4.79 Å². The molecule has 0 aliphatic carbocycles. The summed E-state index contributed by atoms with van der Waals surface area (Å²) in [6, 6.07) is 5.71. The van der Waals surface area contributed by atoms with Crippen molar-refractivity contribution in [2.45, 2.75) is 26.4 Å². The molecule has 6 nitrogen and oxygen atoms in total. The summed E-state index contributed by atoms with van der Waals surface area (Å²) in [5.41, 5.74) is 5.59. The number of nitrogens with two attached hydrogens (primary N) is 1. The van der Waals surface area contributed by atoms with Gasteiger partial charge >= 0.3 is 12.0 Å². The molecule has 0 fully saturated rings. The molecule has 0 aromatic heterocycles. The Morgan fingerprint density at radius 2 is 1.81 bits per heavy atom. The Kier molecular flexibility index (Phi) is 6.17. The minimum Gasteiger partial charge on any atom is -0.452 e. The van der Waals surface area contributed by atoms with Crippen LogP contribution in [0, 0.1) is 5.92 Å². The minimum atomic E-state index is -1.07. The van der Waals surface area contributed by atoms with Crippen molar-refractivity contribution in [2.24, 2.45) is 11.7 Å². The molecule has 0 radical (unpaired) electrons. The highest BCUT2D eigenvalue weighted by Gasteiger charge is 2.27. The number of urea groups is 1. The van der Waals surface area contributed by atoms with Crippen molar-refractivity contribution in [3.63, 3.8) is 0 Å². The van der Waals surface area contributed by atoms with Crippen molar-refractivity contribution in [3.05, 3.63) is 34.9 Å². The molecule has 21 heavy (non-hydrogen) atoms. The van der Waals surface area contributed by atoms with Crippen LogP contribution < -0.4 is 11.1 Å². The Labute approximate surface area is 127 Å². The Bertz CT molecular complexity index is 528. The first-order chi connectivity index (χ1) is 9.79. The summed E-state index contributed by atoms with van der Waals surface area (Å²) in [6.07, 6.45) is -1.07. The number of carbonyl (C=O) groups is 3. The Balaban J connectivity index is 2.66. The van der Waals surface area contributed by atoms with E-state index in [1.807, 2.05) is 5.32 Å². The van der Waals surface area contributed by atoms with Gasteiger partial charge in [-0.15, -0.1) is 0 Å². The molecule has 1 atom stereocenters. The highest BCUT2D eigenvalue weighted by atomic mass is 35.5. The lowest BCUT2D eigenvalue weighted by molar-refractivity contribution is -0.157. The van der Waals surface area contributed by atoms with Crippen LogP contribution in [0.5, 0.6) is 0 Å². The first-order valence-corrected chi connectivity index (χ1v) is 6.71. The molecule has 3 amide bonds. The number of ether oxygens (including phenoxy) is 1. The summed E-state index contributed by atoms with van der Waals surface area (Å²) in [4.78, 5) is 34.3. The van der Waals surface area contributed by atoms with Gasteiger partial charge in [0, 0.05) is 5.02 Å². The molecule has 0 saturated carbocycles. The lowest BCUT2D eigenvalue weighted by Gasteiger charge is -2.19. The van der Waals surface area contributed by atoms with Crippen molar-refractivity contribution in [2.75, 3.05) is 0 Å². The van der Waals surface area contributed by atoms with Gasteiger partial charge in [-0.1, -0.05) is 37.6 Å². The summed E-state index contributed by atoms with van der Waals surface area (Å²) < 4.78 is 5.12. The molecule has 1 aromatic rings. The molecular weight excluding hydrogens is 296 g/mol. The van der Waals surface area contributed by atoms with Crippen molar-refractivity contribution >= 4 is 29.5 Å². The maximum absolute atomic E-state index is 11.9. The normalized spacial score (nSPS) is 11.8. The number of nitrogens with one attached hydrogen (secondary N) is 1. The number of primary amides is 1. The van der Waals surface area contributed by atoms with Gasteiger partial charge in [0.25, 0.3) is 5.91 Å². The van der Waals surface area contributed by atoms with E-state index in [1.54, 1.807) is 38.1 Å². The van der Waals surface area contributed by atoms with E-state index in [2.05, 4.69) is 0 Å². The number of rotatable bonds is 5. The fourth-order valence-corrected chi connectivity index (χ4v) is 1.76. The molecule has 0 heterocycles. The van der Waals surface area contributed by atoms with E-state index in [-0.39, 0.29) is 12.3 Å². The van der Waals surface area contributed by atoms with Crippen molar-refractivity contribution in [1.82, 2.24) is 5.32 Å². The van der Waals surface area contributed by atoms with Gasteiger partial charge in [0.15, 0.2) is 6.10 Å². The second kappa shape index (κ2) is 7.64. The molecule has 0 saturated heterocycles. The predicted octanol–water partition coefficient (Wildman–Crippen LogP) is 1.65.